The molecule has 0 aliphatic carbocycles. The summed E-state index contributed by atoms with van der Waals surface area (Å²) in [5, 5.41) is 0.616. The van der Waals surface area contributed by atoms with E-state index in [4.69, 9.17) is 22.1 Å². The van der Waals surface area contributed by atoms with Gasteiger partial charge in [-0.2, -0.15) is 0 Å². The van der Waals surface area contributed by atoms with Crippen LogP contribution in [0.15, 0.2) is 46.9 Å². The number of ether oxygens (including phenoxy) is 1. The highest BCUT2D eigenvalue weighted by Crippen LogP contribution is 2.31. The Morgan fingerprint density at radius 2 is 1.89 bits per heavy atom. The van der Waals surface area contributed by atoms with Gasteiger partial charge in [0.15, 0.2) is 0 Å². The van der Waals surface area contributed by atoms with Crippen molar-refractivity contribution in [3.63, 3.8) is 0 Å². The number of rotatable bonds is 4. The summed E-state index contributed by atoms with van der Waals surface area (Å²) in [4.78, 5) is 0. The Morgan fingerprint density at radius 1 is 1.21 bits per heavy atom. The molecule has 0 aromatic heterocycles. The monoisotopic (exact) mass is 343 g/mol. The van der Waals surface area contributed by atoms with E-state index in [1.165, 1.54) is 12.1 Å². The average Bonchev–Trinajstić information content (AvgIpc) is 2.39. The molecule has 0 saturated heterocycles. The van der Waals surface area contributed by atoms with Crippen LogP contribution < -0.4 is 10.5 Å². The summed E-state index contributed by atoms with van der Waals surface area (Å²) in [7, 11) is 0. The minimum Gasteiger partial charge on any atom is -0.483 e. The average molecular weight is 345 g/mol. The van der Waals surface area contributed by atoms with Gasteiger partial charge in [0.25, 0.3) is 0 Å². The Bertz CT molecular complexity index is 562. The molecular formula is C14H12BrClFNO. The summed E-state index contributed by atoms with van der Waals surface area (Å²) in [6.45, 7) is 0.292. The predicted octanol–water partition coefficient (Wildman–Crippen LogP) is 4.32. The van der Waals surface area contributed by atoms with Gasteiger partial charge in [0.1, 0.15) is 17.7 Å². The first-order valence-corrected chi connectivity index (χ1v) is 6.84. The zero-order chi connectivity index (χ0) is 13.8. The Morgan fingerprint density at radius 3 is 2.47 bits per heavy atom. The lowest BCUT2D eigenvalue weighted by Gasteiger charge is -2.19. The van der Waals surface area contributed by atoms with Crippen LogP contribution in [0.5, 0.6) is 5.75 Å². The zero-order valence-corrected chi connectivity index (χ0v) is 12.3. The fourth-order valence-electron chi connectivity index (χ4n) is 1.65. The summed E-state index contributed by atoms with van der Waals surface area (Å²) in [5.74, 6) is 0.358. The van der Waals surface area contributed by atoms with Crippen molar-refractivity contribution in [2.24, 2.45) is 5.73 Å². The van der Waals surface area contributed by atoms with E-state index in [1.54, 1.807) is 30.3 Å². The van der Waals surface area contributed by atoms with Crippen molar-refractivity contribution < 1.29 is 9.13 Å². The smallest absolute Gasteiger partial charge is 0.136 e. The lowest BCUT2D eigenvalue weighted by Crippen LogP contribution is -2.18. The Kier molecular flexibility index (Phi) is 4.80. The molecule has 19 heavy (non-hydrogen) atoms. The number of nitrogens with two attached hydrogens (primary N) is 1. The molecule has 0 amide bonds. The van der Waals surface area contributed by atoms with Gasteiger partial charge in [-0.05, 0) is 51.8 Å². The predicted molar refractivity (Wildman–Crippen MR) is 78.0 cm³/mol. The second-order valence-electron chi connectivity index (χ2n) is 3.97. The molecule has 1 atom stereocenters. The topological polar surface area (TPSA) is 35.2 Å². The molecule has 0 aliphatic rings. The highest BCUT2D eigenvalue weighted by atomic mass is 79.9. The molecule has 5 heteroatoms. The van der Waals surface area contributed by atoms with Crippen LogP contribution in [0, 0.1) is 5.82 Å². The van der Waals surface area contributed by atoms with Crippen LogP contribution in [0.25, 0.3) is 0 Å². The van der Waals surface area contributed by atoms with Gasteiger partial charge in [-0.25, -0.2) is 4.39 Å². The molecule has 0 heterocycles. The van der Waals surface area contributed by atoms with Gasteiger partial charge in [0, 0.05) is 11.6 Å². The molecule has 2 nitrogen and oxygen atoms in total. The summed E-state index contributed by atoms with van der Waals surface area (Å²) < 4.78 is 19.5. The van der Waals surface area contributed by atoms with Crippen LogP contribution >= 0.6 is 27.5 Å². The molecule has 0 aliphatic heterocycles. The largest absolute Gasteiger partial charge is 0.483 e. The standard InChI is InChI=1S/C14H12BrClFNO/c15-12-7-10(16)3-6-13(12)19-14(8-18)9-1-4-11(17)5-2-9/h1-7,14H,8,18H2. The third kappa shape index (κ3) is 3.69. The number of hydrogen-bond acceptors (Lipinski definition) is 2. The van der Waals surface area contributed by atoms with Crippen molar-refractivity contribution >= 4 is 27.5 Å². The van der Waals surface area contributed by atoms with E-state index in [9.17, 15) is 4.39 Å². The second kappa shape index (κ2) is 6.37. The Hall–Kier alpha value is -1.10. The van der Waals surface area contributed by atoms with Crippen molar-refractivity contribution in [2.75, 3.05) is 6.54 Å². The first kappa shape index (κ1) is 14.3. The molecule has 0 bridgehead atoms. The lowest BCUT2D eigenvalue weighted by molar-refractivity contribution is 0.212. The van der Waals surface area contributed by atoms with E-state index >= 15 is 0 Å². The highest BCUT2D eigenvalue weighted by Gasteiger charge is 2.13. The molecule has 100 valence electrons. The van der Waals surface area contributed by atoms with Crippen molar-refractivity contribution in [1.82, 2.24) is 0 Å². The summed E-state index contributed by atoms with van der Waals surface area (Å²) in [6, 6.07) is 11.3. The van der Waals surface area contributed by atoms with E-state index in [1.807, 2.05) is 0 Å². The fraction of sp³-hybridized carbons (Fsp3) is 0.143. The number of benzene rings is 2. The normalized spacial score (nSPS) is 12.2. The molecule has 0 spiro atoms. The van der Waals surface area contributed by atoms with Crippen LogP contribution in [0.4, 0.5) is 4.39 Å². The van der Waals surface area contributed by atoms with Crippen molar-refractivity contribution in [2.45, 2.75) is 6.10 Å². The first-order valence-electron chi connectivity index (χ1n) is 5.67. The third-order valence-electron chi connectivity index (χ3n) is 2.62. The lowest BCUT2D eigenvalue weighted by atomic mass is 10.1. The molecule has 0 radical (unpaired) electrons. The maximum Gasteiger partial charge on any atom is 0.136 e. The molecule has 2 N–H and O–H groups in total. The van der Waals surface area contributed by atoms with E-state index in [0.717, 1.165) is 10.0 Å². The van der Waals surface area contributed by atoms with E-state index in [2.05, 4.69) is 15.9 Å². The summed E-state index contributed by atoms with van der Waals surface area (Å²) in [5.41, 5.74) is 6.54. The van der Waals surface area contributed by atoms with Gasteiger partial charge in [-0.3, -0.25) is 0 Å². The molecular weight excluding hydrogens is 333 g/mol. The van der Waals surface area contributed by atoms with Crippen molar-refractivity contribution in [3.8, 4) is 5.75 Å². The molecule has 1 unspecified atom stereocenters. The molecule has 2 aromatic rings. The third-order valence-corrected chi connectivity index (χ3v) is 3.47. The summed E-state index contributed by atoms with van der Waals surface area (Å²) in [6.07, 6.45) is -0.335. The van der Waals surface area contributed by atoms with E-state index < -0.39 is 0 Å². The first-order chi connectivity index (χ1) is 9.10. The van der Waals surface area contributed by atoms with Crippen LogP contribution in [0.3, 0.4) is 0 Å². The Balaban J connectivity index is 2.21. The van der Waals surface area contributed by atoms with E-state index in [0.29, 0.717) is 17.3 Å². The zero-order valence-electron chi connectivity index (χ0n) is 9.95. The van der Waals surface area contributed by atoms with E-state index in [-0.39, 0.29) is 11.9 Å². The Labute approximate surface area is 124 Å². The van der Waals surface area contributed by atoms with Gasteiger partial charge in [0.2, 0.25) is 0 Å². The number of halogens is 3. The van der Waals surface area contributed by atoms with Crippen LogP contribution in [0.1, 0.15) is 11.7 Å². The molecule has 0 fully saturated rings. The second-order valence-corrected chi connectivity index (χ2v) is 5.26. The molecule has 0 saturated carbocycles. The fourth-order valence-corrected chi connectivity index (χ4v) is 2.43. The molecule has 2 aromatic carbocycles. The van der Waals surface area contributed by atoms with Gasteiger partial charge in [0.05, 0.1) is 4.47 Å². The van der Waals surface area contributed by atoms with Crippen molar-refractivity contribution in [1.29, 1.82) is 0 Å². The van der Waals surface area contributed by atoms with Crippen LogP contribution in [-0.2, 0) is 0 Å². The number of hydrogen-bond donors (Lipinski definition) is 1. The van der Waals surface area contributed by atoms with Gasteiger partial charge < -0.3 is 10.5 Å². The van der Waals surface area contributed by atoms with Crippen LogP contribution in [-0.4, -0.2) is 6.54 Å². The highest BCUT2D eigenvalue weighted by molar-refractivity contribution is 9.10. The minimum absolute atomic E-state index is 0.285. The SMILES string of the molecule is NCC(Oc1ccc(Cl)cc1Br)c1ccc(F)cc1. The maximum atomic E-state index is 12.9. The van der Waals surface area contributed by atoms with Crippen molar-refractivity contribution in [3.05, 3.63) is 63.3 Å². The minimum atomic E-state index is -0.335. The van der Waals surface area contributed by atoms with Gasteiger partial charge in [-0.15, -0.1) is 0 Å². The van der Waals surface area contributed by atoms with Crippen LogP contribution in [0.2, 0.25) is 5.02 Å². The van der Waals surface area contributed by atoms with Gasteiger partial charge >= 0.3 is 0 Å². The molecule has 2 rings (SSSR count). The van der Waals surface area contributed by atoms with Gasteiger partial charge in [-0.1, -0.05) is 23.7 Å². The quantitative estimate of drug-likeness (QED) is 0.896. The summed E-state index contributed by atoms with van der Waals surface area (Å²) >= 11 is 9.25. The maximum absolute atomic E-state index is 12.9.